The zero-order valence-corrected chi connectivity index (χ0v) is 12.3. The third kappa shape index (κ3) is 3.86. The molecular weight excluding hydrogens is 224 g/mol. The van der Waals surface area contributed by atoms with E-state index in [-0.39, 0.29) is 17.3 Å². The summed E-state index contributed by atoms with van der Waals surface area (Å²) < 4.78 is 0. The Kier molecular flexibility index (Phi) is 3.89. The first kappa shape index (κ1) is 14.7. The highest BCUT2D eigenvalue weighted by Gasteiger charge is 2.20. The minimum atomic E-state index is -1.03. The fourth-order valence-corrected chi connectivity index (χ4v) is 1.83. The van der Waals surface area contributed by atoms with Crippen LogP contribution in [0.25, 0.3) is 0 Å². The van der Waals surface area contributed by atoms with Crippen molar-refractivity contribution in [2.24, 2.45) is 0 Å². The molecule has 0 saturated carbocycles. The molecule has 0 amide bonds. The van der Waals surface area contributed by atoms with Crippen molar-refractivity contribution in [3.8, 4) is 0 Å². The van der Waals surface area contributed by atoms with Gasteiger partial charge in [0, 0.05) is 12.4 Å². The Bertz CT molecular complexity index is 413. The minimum Gasteiger partial charge on any atom is -0.550 e. The molecule has 0 unspecified atom stereocenters. The van der Waals surface area contributed by atoms with E-state index in [0.717, 1.165) is 5.56 Å². The lowest BCUT2D eigenvalue weighted by Gasteiger charge is -2.26. The van der Waals surface area contributed by atoms with Crippen LogP contribution in [-0.2, 0) is 22.0 Å². The average molecular weight is 247 g/mol. The first-order chi connectivity index (χ1) is 8.00. The van der Waals surface area contributed by atoms with Gasteiger partial charge in [0.2, 0.25) is 0 Å². The SMILES string of the molecule is CC(C)(C)c1cc(CC(=O)[O-])cc(C(C)(C)C)c1. The van der Waals surface area contributed by atoms with Gasteiger partial charge in [-0.1, -0.05) is 59.7 Å². The van der Waals surface area contributed by atoms with Crippen molar-refractivity contribution < 1.29 is 9.90 Å². The van der Waals surface area contributed by atoms with Gasteiger partial charge in [0.25, 0.3) is 0 Å². The number of aliphatic carboxylic acids is 1. The number of hydrogen-bond acceptors (Lipinski definition) is 2. The molecule has 1 rings (SSSR count). The Morgan fingerprint density at radius 1 is 0.944 bits per heavy atom. The van der Waals surface area contributed by atoms with Crippen LogP contribution < -0.4 is 5.11 Å². The summed E-state index contributed by atoms with van der Waals surface area (Å²) >= 11 is 0. The number of carbonyl (C=O) groups is 1. The number of carbonyl (C=O) groups excluding carboxylic acids is 1. The van der Waals surface area contributed by atoms with Gasteiger partial charge in [0.1, 0.15) is 0 Å². The molecule has 2 heteroatoms. The Morgan fingerprint density at radius 2 is 1.33 bits per heavy atom. The molecule has 100 valence electrons. The third-order valence-electron chi connectivity index (χ3n) is 3.07. The lowest BCUT2D eigenvalue weighted by molar-refractivity contribution is -0.304. The van der Waals surface area contributed by atoms with Gasteiger partial charge >= 0.3 is 0 Å². The van der Waals surface area contributed by atoms with E-state index < -0.39 is 5.97 Å². The topological polar surface area (TPSA) is 40.1 Å². The highest BCUT2D eigenvalue weighted by Crippen LogP contribution is 2.30. The largest absolute Gasteiger partial charge is 0.550 e. The van der Waals surface area contributed by atoms with Crippen LogP contribution in [0.15, 0.2) is 18.2 Å². The summed E-state index contributed by atoms with van der Waals surface area (Å²) in [7, 11) is 0. The smallest absolute Gasteiger partial charge is 0.0458 e. The zero-order valence-electron chi connectivity index (χ0n) is 12.3. The molecule has 1 aromatic carbocycles. The van der Waals surface area contributed by atoms with E-state index in [9.17, 15) is 9.90 Å². The van der Waals surface area contributed by atoms with Gasteiger partial charge in [0.15, 0.2) is 0 Å². The molecule has 0 aliphatic carbocycles. The van der Waals surface area contributed by atoms with E-state index in [1.54, 1.807) is 0 Å². The maximum absolute atomic E-state index is 10.8. The Labute approximate surface area is 110 Å². The van der Waals surface area contributed by atoms with Crippen molar-refractivity contribution in [2.75, 3.05) is 0 Å². The molecule has 1 aromatic rings. The highest BCUT2D eigenvalue weighted by molar-refractivity contribution is 5.68. The number of benzene rings is 1. The van der Waals surface area contributed by atoms with Crippen LogP contribution in [0, 0.1) is 0 Å². The Balaban J connectivity index is 3.34. The van der Waals surface area contributed by atoms with Crippen LogP contribution in [0.3, 0.4) is 0 Å². The van der Waals surface area contributed by atoms with Gasteiger partial charge in [-0.3, -0.25) is 0 Å². The van der Waals surface area contributed by atoms with E-state index >= 15 is 0 Å². The van der Waals surface area contributed by atoms with Crippen molar-refractivity contribution in [1.29, 1.82) is 0 Å². The first-order valence-electron chi connectivity index (χ1n) is 6.35. The van der Waals surface area contributed by atoms with Crippen LogP contribution in [-0.4, -0.2) is 5.97 Å². The molecule has 0 spiro atoms. The standard InChI is InChI=1S/C16H24O2/c1-15(2,3)12-7-11(9-14(17)18)8-13(10-12)16(4,5)6/h7-8,10H,9H2,1-6H3,(H,17,18)/p-1. The molecule has 0 aliphatic heterocycles. The van der Waals surface area contributed by atoms with E-state index in [2.05, 4.69) is 47.6 Å². The molecular formula is C16H23O2-. The second-order valence-electron chi connectivity index (χ2n) is 6.97. The normalized spacial score (nSPS) is 12.6. The van der Waals surface area contributed by atoms with E-state index in [1.807, 2.05) is 12.1 Å². The van der Waals surface area contributed by atoms with Crippen LogP contribution in [0.1, 0.15) is 58.2 Å². The van der Waals surface area contributed by atoms with E-state index in [4.69, 9.17) is 0 Å². The van der Waals surface area contributed by atoms with Crippen molar-refractivity contribution in [3.63, 3.8) is 0 Å². The van der Waals surface area contributed by atoms with Crippen LogP contribution in [0.4, 0.5) is 0 Å². The number of hydrogen-bond donors (Lipinski definition) is 0. The van der Waals surface area contributed by atoms with Crippen LogP contribution >= 0.6 is 0 Å². The summed E-state index contributed by atoms with van der Waals surface area (Å²) in [6.45, 7) is 12.8. The first-order valence-corrected chi connectivity index (χ1v) is 6.35. The number of carboxylic acids is 1. The lowest BCUT2D eigenvalue weighted by Crippen LogP contribution is -2.25. The van der Waals surface area contributed by atoms with Crippen molar-refractivity contribution in [1.82, 2.24) is 0 Å². The predicted octanol–water partition coefficient (Wildman–Crippen LogP) is 2.57. The molecule has 0 aromatic heterocycles. The number of rotatable bonds is 2. The molecule has 0 N–H and O–H groups in total. The molecule has 0 aliphatic rings. The highest BCUT2D eigenvalue weighted by atomic mass is 16.4. The lowest BCUT2D eigenvalue weighted by atomic mass is 9.79. The second kappa shape index (κ2) is 4.75. The monoisotopic (exact) mass is 247 g/mol. The summed E-state index contributed by atoms with van der Waals surface area (Å²) in [6.07, 6.45) is -0.0208. The Hall–Kier alpha value is -1.31. The average Bonchev–Trinajstić information content (AvgIpc) is 2.13. The molecule has 18 heavy (non-hydrogen) atoms. The fraction of sp³-hybridized carbons (Fsp3) is 0.562. The maximum atomic E-state index is 10.8. The van der Waals surface area contributed by atoms with Crippen molar-refractivity contribution in [2.45, 2.75) is 58.8 Å². The Morgan fingerprint density at radius 3 is 1.61 bits per heavy atom. The summed E-state index contributed by atoms with van der Waals surface area (Å²) in [6, 6.07) is 6.13. The van der Waals surface area contributed by atoms with E-state index in [0.29, 0.717) is 0 Å². The summed E-state index contributed by atoms with van der Waals surface area (Å²) in [5.74, 6) is -1.03. The van der Waals surface area contributed by atoms with Gasteiger partial charge in [-0.25, -0.2) is 0 Å². The third-order valence-corrected chi connectivity index (χ3v) is 3.07. The van der Waals surface area contributed by atoms with Gasteiger partial charge in [-0.05, 0) is 27.5 Å². The molecule has 0 radical (unpaired) electrons. The molecule has 0 heterocycles. The van der Waals surface area contributed by atoms with E-state index in [1.165, 1.54) is 11.1 Å². The van der Waals surface area contributed by atoms with Gasteiger partial charge in [-0.15, -0.1) is 0 Å². The molecule has 2 nitrogen and oxygen atoms in total. The molecule has 0 saturated heterocycles. The predicted molar refractivity (Wildman–Crippen MR) is 72.6 cm³/mol. The maximum Gasteiger partial charge on any atom is 0.0458 e. The summed E-state index contributed by atoms with van der Waals surface area (Å²) in [5, 5.41) is 10.8. The molecule has 0 atom stereocenters. The summed E-state index contributed by atoms with van der Waals surface area (Å²) in [5.41, 5.74) is 3.20. The van der Waals surface area contributed by atoms with Gasteiger partial charge in [-0.2, -0.15) is 0 Å². The fourth-order valence-electron chi connectivity index (χ4n) is 1.83. The van der Waals surface area contributed by atoms with Crippen LogP contribution in [0.2, 0.25) is 0 Å². The quantitative estimate of drug-likeness (QED) is 0.806. The minimum absolute atomic E-state index is 0.0158. The van der Waals surface area contributed by atoms with Crippen LogP contribution in [0.5, 0.6) is 0 Å². The number of carboxylic acid groups (broad SMARTS) is 1. The van der Waals surface area contributed by atoms with Crippen molar-refractivity contribution >= 4 is 5.97 Å². The van der Waals surface area contributed by atoms with Crippen molar-refractivity contribution in [3.05, 3.63) is 34.9 Å². The summed E-state index contributed by atoms with van der Waals surface area (Å²) in [4.78, 5) is 10.8. The zero-order chi connectivity index (χ0) is 14.1. The van der Waals surface area contributed by atoms with Gasteiger partial charge in [0.05, 0.1) is 0 Å². The molecule has 0 fully saturated rings. The molecule has 0 bridgehead atoms. The second-order valence-corrected chi connectivity index (χ2v) is 6.97. The van der Waals surface area contributed by atoms with Gasteiger partial charge < -0.3 is 9.90 Å².